The summed E-state index contributed by atoms with van der Waals surface area (Å²) < 4.78 is 0. The van der Waals surface area contributed by atoms with Gasteiger partial charge in [0.1, 0.15) is 0 Å². The van der Waals surface area contributed by atoms with E-state index in [0.29, 0.717) is 12.1 Å². The molecule has 2 atom stereocenters. The Balaban J connectivity index is 1.91. The van der Waals surface area contributed by atoms with Crippen molar-refractivity contribution < 1.29 is 0 Å². The van der Waals surface area contributed by atoms with Crippen LogP contribution in [0.1, 0.15) is 50.4 Å². The fourth-order valence-corrected chi connectivity index (χ4v) is 2.36. The van der Waals surface area contributed by atoms with Crippen LogP contribution in [0.4, 0.5) is 0 Å². The Labute approximate surface area is 91.7 Å². The van der Waals surface area contributed by atoms with E-state index < -0.39 is 0 Å². The number of aromatic amines is 1. The highest BCUT2D eigenvalue weighted by Crippen LogP contribution is 2.30. The van der Waals surface area contributed by atoms with Crippen molar-refractivity contribution >= 4 is 0 Å². The van der Waals surface area contributed by atoms with Crippen molar-refractivity contribution in [2.45, 2.75) is 52.1 Å². The Bertz CT molecular complexity index is 314. The highest BCUT2D eigenvalue weighted by atomic mass is 15.1. The first kappa shape index (κ1) is 10.7. The van der Waals surface area contributed by atoms with Crippen molar-refractivity contribution in [1.29, 1.82) is 0 Å². The number of hydrogen-bond donors (Lipinski definition) is 2. The van der Waals surface area contributed by atoms with Gasteiger partial charge in [-0.25, -0.2) is 0 Å². The summed E-state index contributed by atoms with van der Waals surface area (Å²) in [6.45, 7) is 6.59. The van der Waals surface area contributed by atoms with E-state index in [2.05, 4.69) is 36.3 Å². The van der Waals surface area contributed by atoms with Crippen molar-refractivity contribution in [1.82, 2.24) is 15.5 Å². The summed E-state index contributed by atoms with van der Waals surface area (Å²) in [6.07, 6.45) is 6.13. The summed E-state index contributed by atoms with van der Waals surface area (Å²) in [5.41, 5.74) is 2.47. The molecule has 15 heavy (non-hydrogen) atoms. The molecule has 84 valence electrons. The summed E-state index contributed by atoms with van der Waals surface area (Å²) in [6, 6.07) is 1.03. The zero-order chi connectivity index (χ0) is 10.8. The maximum absolute atomic E-state index is 4.06. The summed E-state index contributed by atoms with van der Waals surface area (Å²) >= 11 is 0. The average molecular weight is 207 g/mol. The Morgan fingerprint density at radius 1 is 1.47 bits per heavy atom. The molecule has 1 heterocycles. The Kier molecular flexibility index (Phi) is 3.10. The molecule has 1 aliphatic carbocycles. The van der Waals surface area contributed by atoms with Gasteiger partial charge in [-0.1, -0.05) is 6.42 Å². The van der Waals surface area contributed by atoms with E-state index in [-0.39, 0.29) is 0 Å². The third-order valence-electron chi connectivity index (χ3n) is 3.71. The highest BCUT2D eigenvalue weighted by molar-refractivity contribution is 5.18. The summed E-state index contributed by atoms with van der Waals surface area (Å²) in [5.74, 6) is 0.889. The lowest BCUT2D eigenvalue weighted by atomic mass is 9.80. The molecule has 0 bridgehead atoms. The second-order valence-corrected chi connectivity index (χ2v) is 4.82. The zero-order valence-electron chi connectivity index (χ0n) is 9.88. The standard InChI is InChI=1S/C12H21N3/c1-8(11-5-4-6-11)14-9(2)12-7-13-15-10(12)3/h7-9,11,14H,4-6H2,1-3H3,(H,13,15). The van der Waals surface area contributed by atoms with Crippen LogP contribution in [0.25, 0.3) is 0 Å². The predicted octanol–water partition coefficient (Wildman–Crippen LogP) is 2.56. The zero-order valence-corrected chi connectivity index (χ0v) is 9.88. The lowest BCUT2D eigenvalue weighted by molar-refractivity contribution is 0.229. The summed E-state index contributed by atoms with van der Waals surface area (Å²) in [4.78, 5) is 0. The summed E-state index contributed by atoms with van der Waals surface area (Å²) in [7, 11) is 0. The third kappa shape index (κ3) is 2.23. The van der Waals surface area contributed by atoms with E-state index in [1.165, 1.54) is 30.5 Å². The van der Waals surface area contributed by atoms with Crippen LogP contribution in [0.2, 0.25) is 0 Å². The van der Waals surface area contributed by atoms with E-state index >= 15 is 0 Å². The van der Waals surface area contributed by atoms with Gasteiger partial charge < -0.3 is 5.32 Å². The van der Waals surface area contributed by atoms with E-state index in [0.717, 1.165) is 5.92 Å². The predicted molar refractivity (Wildman–Crippen MR) is 61.7 cm³/mol. The first-order valence-electron chi connectivity index (χ1n) is 5.94. The molecule has 1 aliphatic rings. The molecule has 0 aromatic carbocycles. The molecule has 3 nitrogen and oxygen atoms in total. The van der Waals surface area contributed by atoms with Crippen LogP contribution in [-0.2, 0) is 0 Å². The minimum absolute atomic E-state index is 0.402. The molecule has 3 heteroatoms. The first-order valence-corrected chi connectivity index (χ1v) is 5.94. The maximum Gasteiger partial charge on any atom is 0.0537 e. The van der Waals surface area contributed by atoms with Crippen LogP contribution in [0.5, 0.6) is 0 Å². The lowest BCUT2D eigenvalue weighted by Crippen LogP contribution is -2.38. The molecule has 0 amide bonds. The van der Waals surface area contributed by atoms with E-state index in [9.17, 15) is 0 Å². The number of aryl methyl sites for hydroxylation is 1. The van der Waals surface area contributed by atoms with E-state index in [1.54, 1.807) is 0 Å². The van der Waals surface area contributed by atoms with Gasteiger partial charge in [-0.15, -0.1) is 0 Å². The largest absolute Gasteiger partial charge is 0.307 e. The average Bonchev–Trinajstić information content (AvgIpc) is 2.47. The van der Waals surface area contributed by atoms with Gasteiger partial charge in [-0.2, -0.15) is 5.10 Å². The van der Waals surface area contributed by atoms with Gasteiger partial charge in [0.15, 0.2) is 0 Å². The Hall–Kier alpha value is -0.830. The SMILES string of the molecule is Cc1[nH]ncc1C(C)NC(C)C1CCC1. The maximum atomic E-state index is 4.06. The molecule has 0 saturated heterocycles. The van der Waals surface area contributed by atoms with Gasteiger partial charge in [0.2, 0.25) is 0 Å². The molecule has 1 saturated carbocycles. The van der Waals surface area contributed by atoms with E-state index in [1.807, 2.05) is 6.20 Å². The Morgan fingerprint density at radius 3 is 2.67 bits per heavy atom. The minimum atomic E-state index is 0.402. The molecule has 0 spiro atoms. The second kappa shape index (κ2) is 4.35. The number of nitrogens with one attached hydrogen (secondary N) is 2. The van der Waals surface area contributed by atoms with Crippen LogP contribution in [0.15, 0.2) is 6.20 Å². The summed E-state index contributed by atoms with van der Waals surface area (Å²) in [5, 5.41) is 10.7. The van der Waals surface area contributed by atoms with Crippen molar-refractivity contribution in [3.8, 4) is 0 Å². The van der Waals surface area contributed by atoms with Gasteiger partial charge in [-0.3, -0.25) is 5.10 Å². The van der Waals surface area contributed by atoms with Gasteiger partial charge in [0.25, 0.3) is 0 Å². The van der Waals surface area contributed by atoms with Crippen LogP contribution in [-0.4, -0.2) is 16.2 Å². The fourth-order valence-electron chi connectivity index (χ4n) is 2.36. The van der Waals surface area contributed by atoms with Crippen molar-refractivity contribution in [2.75, 3.05) is 0 Å². The minimum Gasteiger partial charge on any atom is -0.307 e. The number of hydrogen-bond acceptors (Lipinski definition) is 2. The quantitative estimate of drug-likeness (QED) is 0.796. The van der Waals surface area contributed by atoms with Crippen LogP contribution >= 0.6 is 0 Å². The number of rotatable bonds is 4. The van der Waals surface area contributed by atoms with Crippen LogP contribution in [0.3, 0.4) is 0 Å². The smallest absolute Gasteiger partial charge is 0.0537 e. The molecule has 2 unspecified atom stereocenters. The van der Waals surface area contributed by atoms with Crippen LogP contribution in [0, 0.1) is 12.8 Å². The van der Waals surface area contributed by atoms with Gasteiger partial charge >= 0.3 is 0 Å². The first-order chi connectivity index (χ1) is 7.18. The number of aromatic nitrogens is 2. The van der Waals surface area contributed by atoms with E-state index in [4.69, 9.17) is 0 Å². The fraction of sp³-hybridized carbons (Fsp3) is 0.750. The third-order valence-corrected chi connectivity index (χ3v) is 3.71. The van der Waals surface area contributed by atoms with Crippen molar-refractivity contribution in [3.05, 3.63) is 17.5 Å². The van der Waals surface area contributed by atoms with Gasteiger partial charge in [0, 0.05) is 23.3 Å². The topological polar surface area (TPSA) is 40.7 Å². The molecule has 1 aromatic heterocycles. The monoisotopic (exact) mass is 207 g/mol. The molecule has 0 radical (unpaired) electrons. The molecule has 0 aliphatic heterocycles. The molecule has 2 N–H and O–H groups in total. The normalized spacial score (nSPS) is 21.0. The van der Waals surface area contributed by atoms with Gasteiger partial charge in [-0.05, 0) is 39.5 Å². The Morgan fingerprint density at radius 2 is 2.20 bits per heavy atom. The molecular formula is C12H21N3. The molecular weight excluding hydrogens is 186 g/mol. The second-order valence-electron chi connectivity index (χ2n) is 4.82. The molecule has 2 rings (SSSR count). The highest BCUT2D eigenvalue weighted by Gasteiger charge is 2.25. The number of H-pyrrole nitrogens is 1. The lowest BCUT2D eigenvalue weighted by Gasteiger charge is -2.33. The molecule has 1 fully saturated rings. The van der Waals surface area contributed by atoms with Crippen LogP contribution < -0.4 is 5.32 Å². The molecule has 1 aromatic rings. The van der Waals surface area contributed by atoms with Crippen molar-refractivity contribution in [3.63, 3.8) is 0 Å². The van der Waals surface area contributed by atoms with Crippen molar-refractivity contribution in [2.24, 2.45) is 5.92 Å². The van der Waals surface area contributed by atoms with Gasteiger partial charge in [0.05, 0.1) is 6.20 Å². The number of nitrogens with zero attached hydrogens (tertiary/aromatic N) is 1.